The van der Waals surface area contributed by atoms with Crippen molar-refractivity contribution in [2.24, 2.45) is 4.99 Å². The fourth-order valence-electron chi connectivity index (χ4n) is 2.61. The Labute approximate surface area is 161 Å². The van der Waals surface area contributed by atoms with Gasteiger partial charge in [0.1, 0.15) is 5.82 Å². The molecule has 1 aromatic heterocycles. The van der Waals surface area contributed by atoms with Crippen LogP contribution in [0.5, 0.6) is 0 Å². The largest absolute Gasteiger partial charge is 0.325 e. The Hall–Kier alpha value is -2.99. The van der Waals surface area contributed by atoms with Crippen molar-refractivity contribution >= 4 is 29.5 Å². The fourth-order valence-corrected chi connectivity index (χ4v) is 2.78. The summed E-state index contributed by atoms with van der Waals surface area (Å²) >= 11 is 6.18. The highest BCUT2D eigenvalue weighted by molar-refractivity contribution is 6.31. The van der Waals surface area contributed by atoms with Crippen LogP contribution < -0.4 is 10.9 Å². The van der Waals surface area contributed by atoms with Gasteiger partial charge >= 0.3 is 0 Å². The molecule has 0 saturated carbocycles. The molecule has 138 valence electrons. The summed E-state index contributed by atoms with van der Waals surface area (Å²) in [7, 11) is 1.59. The molecule has 1 N–H and O–H groups in total. The van der Waals surface area contributed by atoms with Gasteiger partial charge in [-0.3, -0.25) is 9.79 Å². The summed E-state index contributed by atoms with van der Waals surface area (Å²) in [5, 5.41) is 3.79. The summed E-state index contributed by atoms with van der Waals surface area (Å²) in [5.74, 6) is 0.0615. The third-order valence-electron chi connectivity index (χ3n) is 4.07. The van der Waals surface area contributed by atoms with Crippen LogP contribution in [-0.2, 0) is 6.54 Å². The van der Waals surface area contributed by atoms with E-state index in [2.05, 4.69) is 15.3 Å². The lowest BCUT2D eigenvalue weighted by Crippen LogP contribution is -2.21. The molecule has 27 heavy (non-hydrogen) atoms. The molecule has 7 heteroatoms. The Bertz CT molecular complexity index is 1040. The zero-order valence-electron chi connectivity index (χ0n) is 14.9. The topological polar surface area (TPSA) is 59.3 Å². The number of aliphatic imine (C=N–C) groups is 1. The number of nitrogens with zero attached hydrogens (tertiary/aromatic N) is 3. The molecule has 0 spiro atoms. The van der Waals surface area contributed by atoms with Gasteiger partial charge < -0.3 is 9.88 Å². The van der Waals surface area contributed by atoms with E-state index in [1.54, 1.807) is 36.0 Å². The molecule has 0 saturated heterocycles. The second kappa shape index (κ2) is 8.14. The molecule has 0 bridgehead atoms. The van der Waals surface area contributed by atoms with E-state index in [1.807, 2.05) is 19.1 Å². The quantitative estimate of drug-likeness (QED) is 0.671. The molecule has 0 unspecified atom stereocenters. The van der Waals surface area contributed by atoms with E-state index in [0.717, 1.165) is 16.8 Å². The van der Waals surface area contributed by atoms with Crippen molar-refractivity contribution < 1.29 is 4.39 Å². The molecule has 1 heterocycles. The van der Waals surface area contributed by atoms with Gasteiger partial charge in [0.25, 0.3) is 5.56 Å². The van der Waals surface area contributed by atoms with Crippen molar-refractivity contribution in [1.29, 1.82) is 0 Å². The van der Waals surface area contributed by atoms with Gasteiger partial charge in [-0.2, -0.15) is 4.98 Å². The molecule has 0 atom stereocenters. The minimum absolute atomic E-state index is 0.302. The van der Waals surface area contributed by atoms with Crippen LogP contribution in [0.2, 0.25) is 5.02 Å². The van der Waals surface area contributed by atoms with Crippen LogP contribution in [-0.4, -0.2) is 22.8 Å². The highest BCUT2D eigenvalue weighted by atomic mass is 35.5. The third kappa shape index (κ3) is 4.41. The lowest BCUT2D eigenvalue weighted by Gasteiger charge is -2.16. The Morgan fingerprint density at radius 2 is 2.00 bits per heavy atom. The summed E-state index contributed by atoms with van der Waals surface area (Å²) in [6.07, 6.45) is 3.14. The standard InChI is InChI=1S/C20H18ClFN4O/c1-13-17(21)4-3-5-18(13)24-20-25-19(27)15(10-23-2)12-26(20)11-14-6-8-16(22)9-7-14/h3-10,12H,11H2,1-2H3,(H,24,25,27)/b23-10+. The first-order valence-corrected chi connectivity index (χ1v) is 8.66. The lowest BCUT2D eigenvalue weighted by molar-refractivity contribution is 0.626. The van der Waals surface area contributed by atoms with Crippen LogP contribution in [0.25, 0.3) is 0 Å². The van der Waals surface area contributed by atoms with Crippen LogP contribution in [0, 0.1) is 12.7 Å². The van der Waals surface area contributed by atoms with E-state index in [9.17, 15) is 9.18 Å². The zero-order valence-corrected chi connectivity index (χ0v) is 15.7. The number of hydrogen-bond donors (Lipinski definition) is 1. The maximum Gasteiger partial charge on any atom is 0.283 e. The average molecular weight is 385 g/mol. The number of nitrogens with one attached hydrogen (secondary N) is 1. The van der Waals surface area contributed by atoms with Gasteiger partial charge in [0.15, 0.2) is 0 Å². The summed E-state index contributed by atoms with van der Waals surface area (Å²) in [6, 6.07) is 11.6. The van der Waals surface area contributed by atoms with E-state index in [-0.39, 0.29) is 5.82 Å². The Balaban J connectivity index is 2.05. The summed E-state index contributed by atoms with van der Waals surface area (Å²) in [4.78, 5) is 20.3. The second-order valence-electron chi connectivity index (χ2n) is 6.00. The molecule has 2 aromatic carbocycles. The lowest BCUT2D eigenvalue weighted by atomic mass is 10.2. The van der Waals surface area contributed by atoms with Gasteiger partial charge in [0.2, 0.25) is 5.95 Å². The summed E-state index contributed by atoms with van der Waals surface area (Å²) in [6.45, 7) is 2.28. The normalized spacial score (nSPS) is 11.1. The molecular weight excluding hydrogens is 367 g/mol. The Morgan fingerprint density at radius 1 is 1.26 bits per heavy atom. The van der Waals surface area contributed by atoms with Crippen LogP contribution in [0.4, 0.5) is 16.0 Å². The van der Waals surface area contributed by atoms with Crippen molar-refractivity contribution in [2.75, 3.05) is 12.4 Å². The smallest absolute Gasteiger partial charge is 0.283 e. The van der Waals surface area contributed by atoms with Crippen molar-refractivity contribution in [3.05, 3.63) is 86.5 Å². The van der Waals surface area contributed by atoms with Crippen molar-refractivity contribution in [3.8, 4) is 0 Å². The number of halogens is 2. The molecular formula is C20H18ClFN4O. The van der Waals surface area contributed by atoms with E-state index in [1.165, 1.54) is 18.3 Å². The minimum atomic E-state index is -0.391. The van der Waals surface area contributed by atoms with Crippen molar-refractivity contribution in [1.82, 2.24) is 9.55 Å². The van der Waals surface area contributed by atoms with Crippen LogP contribution in [0.15, 0.2) is 58.4 Å². The molecule has 0 aliphatic heterocycles. The summed E-state index contributed by atoms with van der Waals surface area (Å²) < 4.78 is 15.0. The van der Waals surface area contributed by atoms with Crippen LogP contribution >= 0.6 is 11.6 Å². The van der Waals surface area contributed by atoms with E-state index in [0.29, 0.717) is 23.1 Å². The van der Waals surface area contributed by atoms with Gasteiger partial charge in [-0.15, -0.1) is 0 Å². The minimum Gasteiger partial charge on any atom is -0.325 e. The maximum absolute atomic E-state index is 13.2. The number of hydrogen-bond acceptors (Lipinski definition) is 4. The Kier molecular flexibility index (Phi) is 5.66. The first kappa shape index (κ1) is 18.8. The highest BCUT2D eigenvalue weighted by Gasteiger charge is 2.11. The monoisotopic (exact) mass is 384 g/mol. The number of anilines is 2. The van der Waals surface area contributed by atoms with Gasteiger partial charge in [-0.25, -0.2) is 4.39 Å². The zero-order chi connectivity index (χ0) is 19.4. The molecule has 3 rings (SSSR count). The highest BCUT2D eigenvalue weighted by Crippen LogP contribution is 2.25. The van der Waals surface area contributed by atoms with Gasteiger partial charge in [-0.05, 0) is 42.3 Å². The predicted molar refractivity (Wildman–Crippen MR) is 107 cm³/mol. The number of benzene rings is 2. The SMILES string of the molecule is C/N=C/c1cn(Cc2ccc(F)cc2)c(Nc2cccc(Cl)c2C)nc1=O. The maximum atomic E-state index is 13.2. The van der Waals surface area contributed by atoms with Gasteiger partial charge in [0, 0.05) is 30.2 Å². The van der Waals surface area contributed by atoms with Crippen LogP contribution in [0.1, 0.15) is 16.7 Å². The molecule has 0 fully saturated rings. The van der Waals surface area contributed by atoms with Crippen LogP contribution in [0.3, 0.4) is 0 Å². The van der Waals surface area contributed by atoms with E-state index >= 15 is 0 Å². The predicted octanol–water partition coefficient (Wildman–Crippen LogP) is 4.18. The van der Waals surface area contributed by atoms with Gasteiger partial charge in [-0.1, -0.05) is 29.8 Å². The Morgan fingerprint density at radius 3 is 2.70 bits per heavy atom. The van der Waals surface area contributed by atoms with E-state index < -0.39 is 5.56 Å². The van der Waals surface area contributed by atoms with Gasteiger partial charge in [0.05, 0.1) is 12.1 Å². The summed E-state index contributed by atoms with van der Waals surface area (Å²) in [5.41, 5.74) is 2.44. The second-order valence-corrected chi connectivity index (χ2v) is 6.41. The molecule has 3 aromatic rings. The first-order valence-electron chi connectivity index (χ1n) is 8.28. The first-order chi connectivity index (χ1) is 13.0. The molecule has 0 aliphatic carbocycles. The average Bonchev–Trinajstić information content (AvgIpc) is 2.64. The molecule has 5 nitrogen and oxygen atoms in total. The molecule has 0 amide bonds. The van der Waals surface area contributed by atoms with E-state index in [4.69, 9.17) is 11.6 Å². The molecule has 0 aliphatic rings. The molecule has 0 radical (unpaired) electrons. The number of aromatic nitrogens is 2. The van der Waals surface area contributed by atoms with Crippen molar-refractivity contribution in [2.45, 2.75) is 13.5 Å². The van der Waals surface area contributed by atoms with Crippen molar-refractivity contribution in [3.63, 3.8) is 0 Å². The fraction of sp³-hybridized carbons (Fsp3) is 0.150. The third-order valence-corrected chi connectivity index (χ3v) is 4.48. The number of rotatable bonds is 5.